The minimum Gasteiger partial charge on any atom is -0.489 e. The van der Waals surface area contributed by atoms with Crippen LogP contribution in [0.4, 0.5) is 0 Å². The van der Waals surface area contributed by atoms with Crippen molar-refractivity contribution < 1.29 is 24.1 Å². The van der Waals surface area contributed by atoms with Gasteiger partial charge in [-0.15, -0.1) is 0 Å². The fourth-order valence-electron chi connectivity index (χ4n) is 5.15. The normalized spacial score (nSPS) is 16.6. The molecule has 4 aromatic rings. The zero-order valence-electron chi connectivity index (χ0n) is 20.4. The molecule has 1 saturated heterocycles. The van der Waals surface area contributed by atoms with Crippen LogP contribution in [0, 0.1) is 0 Å². The number of rotatable bonds is 8. The van der Waals surface area contributed by atoms with E-state index < -0.39 is 12.0 Å². The van der Waals surface area contributed by atoms with Crippen molar-refractivity contribution >= 4 is 16.9 Å². The molecule has 2 aliphatic rings. The molecule has 1 fully saturated rings. The van der Waals surface area contributed by atoms with Crippen molar-refractivity contribution in [3.05, 3.63) is 89.6 Å². The van der Waals surface area contributed by atoms with Crippen LogP contribution in [0.2, 0.25) is 0 Å². The Labute approximate surface area is 215 Å². The lowest BCUT2D eigenvalue weighted by molar-refractivity contribution is -0.144. The Balaban J connectivity index is 1.12. The standard InChI is InChI=1S/C29H29N3O5/c33-29(34)28(32-12-10-31(11-13-32)17-21-6-9-26-27(14-21)37-19-36-26)24-16-30-25-15-22(7-8-23(24)25)35-18-20-4-2-1-3-5-20/h1-9,14-16,28,30H,10-13,17-19H2,(H,33,34)/t28-/m1/s1. The first-order valence-electron chi connectivity index (χ1n) is 12.5. The number of fused-ring (bicyclic) bond motifs is 2. The van der Waals surface area contributed by atoms with Gasteiger partial charge < -0.3 is 24.3 Å². The van der Waals surface area contributed by atoms with Gasteiger partial charge in [0.2, 0.25) is 6.79 Å². The summed E-state index contributed by atoms with van der Waals surface area (Å²) in [6.07, 6.45) is 1.82. The van der Waals surface area contributed by atoms with E-state index in [1.807, 2.05) is 66.9 Å². The number of carboxylic acids is 1. The molecule has 0 spiro atoms. The summed E-state index contributed by atoms with van der Waals surface area (Å²) in [4.78, 5) is 20.1. The van der Waals surface area contributed by atoms with E-state index in [1.165, 1.54) is 0 Å². The predicted molar refractivity (Wildman–Crippen MR) is 139 cm³/mol. The van der Waals surface area contributed by atoms with Crippen molar-refractivity contribution in [1.29, 1.82) is 0 Å². The largest absolute Gasteiger partial charge is 0.489 e. The molecular formula is C29H29N3O5. The number of aromatic nitrogens is 1. The number of nitrogens with zero attached hydrogens (tertiary/aromatic N) is 2. The molecule has 0 bridgehead atoms. The molecule has 3 heterocycles. The Morgan fingerprint density at radius 3 is 2.57 bits per heavy atom. The van der Waals surface area contributed by atoms with E-state index in [1.54, 1.807) is 0 Å². The molecular weight excluding hydrogens is 470 g/mol. The summed E-state index contributed by atoms with van der Waals surface area (Å²) in [7, 11) is 0. The Bertz CT molecular complexity index is 1400. The molecule has 1 atom stereocenters. The molecule has 37 heavy (non-hydrogen) atoms. The summed E-state index contributed by atoms with van der Waals surface area (Å²) in [5, 5.41) is 11.1. The monoisotopic (exact) mass is 499 g/mol. The number of aliphatic carboxylic acids is 1. The van der Waals surface area contributed by atoms with E-state index in [2.05, 4.69) is 20.9 Å². The Hall–Kier alpha value is -4.01. The maximum absolute atomic E-state index is 12.4. The average Bonchev–Trinajstić information content (AvgIpc) is 3.56. The van der Waals surface area contributed by atoms with Crippen LogP contribution in [0.25, 0.3) is 10.9 Å². The molecule has 0 unspecified atom stereocenters. The number of benzene rings is 3. The molecule has 190 valence electrons. The third-order valence-corrected chi connectivity index (χ3v) is 7.08. The topological polar surface area (TPSA) is 87.3 Å². The van der Waals surface area contributed by atoms with Crippen LogP contribution >= 0.6 is 0 Å². The molecule has 0 saturated carbocycles. The SMILES string of the molecule is O=C(O)[C@@H](c1c[nH]c2cc(OCc3ccccc3)ccc12)N1CCN(Cc2ccc3c(c2)OCO3)CC1. The van der Waals surface area contributed by atoms with Crippen molar-refractivity contribution in [3.63, 3.8) is 0 Å². The fourth-order valence-corrected chi connectivity index (χ4v) is 5.15. The highest BCUT2D eigenvalue weighted by Gasteiger charge is 2.32. The molecule has 0 radical (unpaired) electrons. The summed E-state index contributed by atoms with van der Waals surface area (Å²) >= 11 is 0. The highest BCUT2D eigenvalue weighted by Crippen LogP contribution is 2.34. The number of ether oxygens (including phenoxy) is 3. The summed E-state index contributed by atoms with van der Waals surface area (Å²) in [5.74, 6) is 1.48. The van der Waals surface area contributed by atoms with Crippen LogP contribution in [0.5, 0.6) is 17.2 Å². The molecule has 1 aromatic heterocycles. The van der Waals surface area contributed by atoms with Crippen molar-refractivity contribution in [2.24, 2.45) is 0 Å². The molecule has 3 aromatic carbocycles. The number of hydrogen-bond donors (Lipinski definition) is 2. The lowest BCUT2D eigenvalue weighted by Gasteiger charge is -2.37. The van der Waals surface area contributed by atoms with Gasteiger partial charge in [-0.25, -0.2) is 0 Å². The van der Waals surface area contributed by atoms with Crippen LogP contribution in [0.15, 0.2) is 72.9 Å². The van der Waals surface area contributed by atoms with Crippen LogP contribution in [0.3, 0.4) is 0 Å². The number of hydrogen-bond acceptors (Lipinski definition) is 6. The number of carbonyl (C=O) groups is 1. The van der Waals surface area contributed by atoms with Crippen LogP contribution in [-0.4, -0.2) is 58.8 Å². The van der Waals surface area contributed by atoms with Gasteiger partial charge in [-0.2, -0.15) is 0 Å². The van der Waals surface area contributed by atoms with E-state index in [0.717, 1.165) is 64.5 Å². The highest BCUT2D eigenvalue weighted by molar-refractivity contribution is 5.90. The van der Waals surface area contributed by atoms with Gasteiger partial charge in [0.15, 0.2) is 11.5 Å². The minimum atomic E-state index is -0.838. The second-order valence-electron chi connectivity index (χ2n) is 9.47. The molecule has 2 N–H and O–H groups in total. The average molecular weight is 500 g/mol. The van der Waals surface area contributed by atoms with Crippen LogP contribution in [-0.2, 0) is 17.9 Å². The smallest absolute Gasteiger partial charge is 0.325 e. The van der Waals surface area contributed by atoms with Gasteiger partial charge in [0.05, 0.1) is 0 Å². The van der Waals surface area contributed by atoms with E-state index >= 15 is 0 Å². The Morgan fingerprint density at radius 1 is 0.946 bits per heavy atom. The summed E-state index contributed by atoms with van der Waals surface area (Å²) in [6, 6.07) is 21.1. The molecule has 8 nitrogen and oxygen atoms in total. The fraction of sp³-hybridized carbons (Fsp3) is 0.276. The lowest BCUT2D eigenvalue weighted by Crippen LogP contribution is -2.48. The quantitative estimate of drug-likeness (QED) is 0.371. The zero-order chi connectivity index (χ0) is 25.2. The summed E-state index contributed by atoms with van der Waals surface area (Å²) in [6.45, 7) is 4.47. The van der Waals surface area contributed by atoms with E-state index in [4.69, 9.17) is 14.2 Å². The molecule has 0 amide bonds. The first kappa shape index (κ1) is 23.4. The number of aromatic amines is 1. The third kappa shape index (κ3) is 4.98. The van der Waals surface area contributed by atoms with Crippen LogP contribution in [0.1, 0.15) is 22.7 Å². The molecule has 2 aliphatic heterocycles. The Morgan fingerprint density at radius 2 is 1.76 bits per heavy atom. The van der Waals surface area contributed by atoms with Gasteiger partial charge >= 0.3 is 5.97 Å². The molecule has 6 rings (SSSR count). The summed E-state index contributed by atoms with van der Waals surface area (Å²) in [5.41, 5.74) is 3.90. The van der Waals surface area contributed by atoms with Crippen molar-refractivity contribution in [2.45, 2.75) is 19.2 Å². The van der Waals surface area contributed by atoms with Gasteiger partial charge in [0, 0.05) is 61.5 Å². The second kappa shape index (κ2) is 10.2. The molecule has 0 aliphatic carbocycles. The van der Waals surface area contributed by atoms with Crippen molar-refractivity contribution in [3.8, 4) is 17.2 Å². The first-order chi connectivity index (χ1) is 18.1. The van der Waals surface area contributed by atoms with Crippen molar-refractivity contribution in [1.82, 2.24) is 14.8 Å². The predicted octanol–water partition coefficient (Wildman–Crippen LogP) is 4.42. The lowest BCUT2D eigenvalue weighted by atomic mass is 10.0. The second-order valence-corrected chi connectivity index (χ2v) is 9.47. The van der Waals surface area contributed by atoms with Crippen molar-refractivity contribution in [2.75, 3.05) is 33.0 Å². The van der Waals surface area contributed by atoms with E-state index in [9.17, 15) is 9.90 Å². The van der Waals surface area contributed by atoms with Gasteiger partial charge in [-0.05, 0) is 35.4 Å². The maximum Gasteiger partial charge on any atom is 0.325 e. The Kier molecular flexibility index (Phi) is 6.42. The van der Waals surface area contributed by atoms with Gasteiger partial charge in [0.25, 0.3) is 0 Å². The number of nitrogens with one attached hydrogen (secondary N) is 1. The summed E-state index contributed by atoms with van der Waals surface area (Å²) < 4.78 is 16.8. The van der Waals surface area contributed by atoms with Gasteiger partial charge in [-0.1, -0.05) is 36.4 Å². The third-order valence-electron chi connectivity index (χ3n) is 7.08. The van der Waals surface area contributed by atoms with Gasteiger partial charge in [0.1, 0.15) is 18.4 Å². The maximum atomic E-state index is 12.4. The first-order valence-corrected chi connectivity index (χ1v) is 12.5. The number of carboxylic acid groups (broad SMARTS) is 1. The van der Waals surface area contributed by atoms with Gasteiger partial charge in [-0.3, -0.25) is 14.6 Å². The number of piperazine rings is 1. The minimum absolute atomic E-state index is 0.268. The van der Waals surface area contributed by atoms with E-state index in [-0.39, 0.29) is 6.79 Å². The van der Waals surface area contributed by atoms with Crippen LogP contribution < -0.4 is 14.2 Å². The zero-order valence-corrected chi connectivity index (χ0v) is 20.4. The van der Waals surface area contributed by atoms with E-state index in [0.29, 0.717) is 19.7 Å². The number of H-pyrrole nitrogens is 1. The molecule has 8 heteroatoms. The highest BCUT2D eigenvalue weighted by atomic mass is 16.7.